The molecule has 0 aromatic carbocycles. The quantitative estimate of drug-likeness (QED) is 0.351. The number of ether oxygens (including phenoxy) is 1. The first-order valence-electron chi connectivity index (χ1n) is 12.9. The van der Waals surface area contributed by atoms with Crippen LogP contribution in [0.1, 0.15) is 66.2 Å². The molecule has 2 unspecified atom stereocenters. The summed E-state index contributed by atoms with van der Waals surface area (Å²) in [6, 6.07) is 0. The highest BCUT2D eigenvalue weighted by molar-refractivity contribution is 8.09. The van der Waals surface area contributed by atoms with Crippen molar-refractivity contribution in [2.24, 2.45) is 28.6 Å². The van der Waals surface area contributed by atoms with Crippen molar-refractivity contribution in [3.63, 3.8) is 0 Å². The minimum atomic E-state index is -2.32. The van der Waals surface area contributed by atoms with Crippen LogP contribution >= 0.6 is 12.0 Å². The Hall–Kier alpha value is -1.65. The van der Waals surface area contributed by atoms with Crippen LogP contribution in [0.4, 0.5) is 13.2 Å². The number of allylic oxidation sites excluding steroid dienone is 4. The average molecular weight is 545 g/mol. The Morgan fingerprint density at radius 1 is 1.24 bits per heavy atom. The largest absolute Gasteiger partial charge is 0.449 e. The second kappa shape index (κ2) is 9.83. The molecule has 1 N–H and O–H groups in total. The lowest BCUT2D eigenvalue weighted by molar-refractivity contribution is -0.228. The highest BCUT2D eigenvalue weighted by atomic mass is 32.2. The molecule has 3 fully saturated rings. The topological polar surface area (TPSA) is 89.9 Å². The van der Waals surface area contributed by atoms with Gasteiger partial charge in [-0.3, -0.25) is 18.6 Å². The van der Waals surface area contributed by atoms with E-state index in [4.69, 9.17) is 8.92 Å². The molecule has 0 aliphatic heterocycles. The summed E-state index contributed by atoms with van der Waals surface area (Å²) in [4.78, 5) is 38.6. The van der Waals surface area contributed by atoms with Crippen LogP contribution in [0.25, 0.3) is 0 Å². The zero-order valence-electron chi connectivity index (χ0n) is 21.6. The molecule has 0 heterocycles. The lowest BCUT2D eigenvalue weighted by Gasteiger charge is -2.63. The van der Waals surface area contributed by atoms with Gasteiger partial charge in [0.1, 0.15) is 6.17 Å². The van der Waals surface area contributed by atoms with Crippen molar-refractivity contribution in [2.45, 2.75) is 89.8 Å². The molecule has 9 atom stereocenters. The molecule has 0 saturated heterocycles. The van der Waals surface area contributed by atoms with E-state index in [0.29, 0.717) is 6.42 Å². The Kier molecular flexibility index (Phi) is 7.53. The van der Waals surface area contributed by atoms with Crippen LogP contribution in [0.15, 0.2) is 23.8 Å². The Labute approximate surface area is 219 Å². The average Bonchev–Trinajstić information content (AvgIpc) is 3.06. The molecule has 37 heavy (non-hydrogen) atoms. The van der Waals surface area contributed by atoms with E-state index in [1.165, 1.54) is 19.1 Å². The van der Waals surface area contributed by atoms with E-state index >= 15 is 8.78 Å². The fourth-order valence-electron chi connectivity index (χ4n) is 7.91. The molecule has 0 aromatic heterocycles. The van der Waals surface area contributed by atoms with Gasteiger partial charge < -0.3 is 9.84 Å². The molecular weight excluding hydrogens is 509 g/mol. The number of hydrogen-bond acceptors (Lipinski definition) is 7. The monoisotopic (exact) mass is 544 g/mol. The van der Waals surface area contributed by atoms with Crippen molar-refractivity contribution in [1.29, 1.82) is 0 Å². The van der Waals surface area contributed by atoms with Crippen molar-refractivity contribution < 1.29 is 41.6 Å². The normalized spacial score (nSPS) is 44.5. The molecule has 0 amide bonds. The Balaban J connectivity index is 1.82. The van der Waals surface area contributed by atoms with E-state index in [0.717, 1.165) is 12.5 Å². The van der Waals surface area contributed by atoms with Gasteiger partial charge in [0.15, 0.2) is 17.1 Å². The summed E-state index contributed by atoms with van der Waals surface area (Å²) in [6.07, 6.45) is 1.39. The summed E-state index contributed by atoms with van der Waals surface area (Å²) >= 11 is 0.246. The number of rotatable bonds is 7. The van der Waals surface area contributed by atoms with Gasteiger partial charge in [0.2, 0.25) is 6.86 Å². The van der Waals surface area contributed by atoms with Gasteiger partial charge in [-0.2, -0.15) is 0 Å². The zero-order valence-corrected chi connectivity index (χ0v) is 22.4. The number of esters is 1. The third-order valence-corrected chi connectivity index (χ3v) is 10.3. The molecule has 3 saturated carbocycles. The van der Waals surface area contributed by atoms with Crippen LogP contribution in [0.5, 0.6) is 0 Å². The number of hydrogen-bond donors (Lipinski definition) is 1. The van der Waals surface area contributed by atoms with Gasteiger partial charge in [0.05, 0.1) is 18.1 Å². The van der Waals surface area contributed by atoms with E-state index in [9.17, 15) is 23.9 Å². The predicted octanol–water partition coefficient (Wildman–Crippen LogP) is 5.14. The molecular formula is C27H35F3O6S. The first kappa shape index (κ1) is 28.4. The van der Waals surface area contributed by atoms with Gasteiger partial charge in [-0.25, -0.2) is 13.2 Å². The SMILES string of the molecule is CCCCC(=O)O[C@]1(C(=O)SOCF)[C@H](C)CC2C3C[C@H](F)C4=CC(=O)C=C[C@]4(C)[C@@]3(F)[C@@H](O)C[C@@]21C. The Morgan fingerprint density at radius 2 is 1.95 bits per heavy atom. The maximum atomic E-state index is 17.4. The number of fused-ring (bicyclic) bond motifs is 5. The van der Waals surface area contributed by atoms with E-state index in [-0.39, 0.29) is 43.3 Å². The minimum absolute atomic E-state index is 0.00711. The van der Waals surface area contributed by atoms with Gasteiger partial charge in [-0.1, -0.05) is 33.3 Å². The highest BCUT2D eigenvalue weighted by Gasteiger charge is 2.78. The second-order valence-corrected chi connectivity index (χ2v) is 12.2. The number of aliphatic hydroxyl groups excluding tert-OH is 1. The first-order chi connectivity index (χ1) is 17.3. The molecule has 0 bridgehead atoms. The summed E-state index contributed by atoms with van der Waals surface area (Å²) in [5.41, 5.74) is -6.98. The van der Waals surface area contributed by atoms with Crippen LogP contribution in [0, 0.1) is 28.6 Å². The third-order valence-electron chi connectivity index (χ3n) is 9.66. The lowest BCUT2D eigenvalue weighted by atomic mass is 9.44. The highest BCUT2D eigenvalue weighted by Crippen LogP contribution is 2.72. The van der Waals surface area contributed by atoms with Gasteiger partial charge in [0.25, 0.3) is 5.12 Å². The smallest absolute Gasteiger partial charge is 0.306 e. The van der Waals surface area contributed by atoms with Crippen molar-refractivity contribution in [3.8, 4) is 0 Å². The lowest BCUT2D eigenvalue weighted by Crippen LogP contribution is -2.70. The molecule has 206 valence electrons. The van der Waals surface area contributed by atoms with Crippen LogP contribution in [-0.2, 0) is 23.3 Å². The molecule has 10 heteroatoms. The standard InChI is InChI=1S/C27H35F3O6S/c1-5-6-7-22(33)36-27(23(34)37-35-14-28)15(2)10-17-18-12-20(29)19-11-16(31)8-9-24(19,3)26(18,30)21(32)13-25(17,27)4/h8-9,11,15,17-18,20-21,32H,5-7,10,12-14H2,1-4H3/t15-,17?,18?,20+,21+,24+,25+,26+,27+/m1/s1. The maximum Gasteiger partial charge on any atom is 0.306 e. The number of halogens is 3. The summed E-state index contributed by atoms with van der Waals surface area (Å²) in [5, 5.41) is 10.8. The molecule has 4 rings (SSSR count). The predicted molar refractivity (Wildman–Crippen MR) is 131 cm³/mol. The first-order valence-corrected chi connectivity index (χ1v) is 13.7. The summed E-state index contributed by atoms with van der Waals surface area (Å²) in [5.74, 6) is -3.36. The van der Waals surface area contributed by atoms with E-state index < -0.39 is 75.9 Å². The van der Waals surface area contributed by atoms with Crippen molar-refractivity contribution in [2.75, 3.05) is 6.86 Å². The fourth-order valence-corrected chi connectivity index (χ4v) is 8.66. The number of ketones is 1. The van der Waals surface area contributed by atoms with Crippen molar-refractivity contribution in [3.05, 3.63) is 23.8 Å². The molecule has 0 aromatic rings. The summed E-state index contributed by atoms with van der Waals surface area (Å²) in [6.45, 7) is 5.54. The minimum Gasteiger partial charge on any atom is -0.449 e. The van der Waals surface area contributed by atoms with Crippen LogP contribution in [0.2, 0.25) is 0 Å². The van der Waals surface area contributed by atoms with Crippen LogP contribution in [-0.4, -0.2) is 52.4 Å². The van der Waals surface area contributed by atoms with Gasteiger partial charge in [-0.15, -0.1) is 0 Å². The number of aliphatic hydroxyl groups is 1. The number of carbonyl (C=O) groups is 3. The molecule has 4 aliphatic carbocycles. The van der Waals surface area contributed by atoms with Crippen LogP contribution < -0.4 is 0 Å². The fraction of sp³-hybridized carbons (Fsp3) is 0.741. The van der Waals surface area contributed by atoms with Crippen LogP contribution in [0.3, 0.4) is 0 Å². The van der Waals surface area contributed by atoms with Gasteiger partial charge in [0, 0.05) is 29.1 Å². The molecule has 0 radical (unpaired) electrons. The van der Waals surface area contributed by atoms with Gasteiger partial charge >= 0.3 is 5.97 Å². The van der Waals surface area contributed by atoms with E-state index in [1.54, 1.807) is 13.8 Å². The number of unbranched alkanes of at least 4 members (excludes halogenated alkanes) is 1. The summed E-state index contributed by atoms with van der Waals surface area (Å²) in [7, 11) is 0. The summed E-state index contributed by atoms with van der Waals surface area (Å²) < 4.78 is 56.5. The Morgan fingerprint density at radius 3 is 2.59 bits per heavy atom. The zero-order chi connectivity index (χ0) is 27.4. The van der Waals surface area contributed by atoms with E-state index in [1.807, 2.05) is 6.92 Å². The second-order valence-electron chi connectivity index (χ2n) is 11.4. The van der Waals surface area contributed by atoms with Crippen molar-refractivity contribution >= 4 is 28.9 Å². The maximum absolute atomic E-state index is 17.4. The van der Waals surface area contributed by atoms with Gasteiger partial charge in [-0.05, 0) is 56.3 Å². The number of carbonyl (C=O) groups excluding carboxylic acids is 3. The van der Waals surface area contributed by atoms with E-state index in [2.05, 4.69) is 0 Å². The number of alkyl halides is 3. The Bertz CT molecular complexity index is 1030. The third kappa shape index (κ3) is 3.87. The molecule has 0 spiro atoms. The molecule has 4 aliphatic rings. The van der Waals surface area contributed by atoms with Crippen molar-refractivity contribution in [1.82, 2.24) is 0 Å². The molecule has 6 nitrogen and oxygen atoms in total.